The Morgan fingerprint density at radius 1 is 1.14 bits per heavy atom. The number of ether oxygens (including phenoxy) is 3. The van der Waals surface area contributed by atoms with Crippen LogP contribution in [0.3, 0.4) is 0 Å². The summed E-state index contributed by atoms with van der Waals surface area (Å²) in [5.74, 6) is -0.102. The third-order valence-electron chi connectivity index (χ3n) is 7.69. The van der Waals surface area contributed by atoms with Gasteiger partial charge in [-0.3, -0.25) is 4.90 Å². The molecule has 220 valence electrons. The third-order valence-corrected chi connectivity index (χ3v) is 7.69. The topological polar surface area (TPSA) is 98.9 Å². The smallest absolute Gasteiger partial charge is 0.421 e. The fraction of sp³-hybridized carbons (Fsp3) is 0.367. The molecule has 0 bridgehead atoms. The van der Waals surface area contributed by atoms with E-state index in [-0.39, 0.29) is 18.3 Å². The van der Waals surface area contributed by atoms with Gasteiger partial charge in [0.05, 0.1) is 48.6 Å². The molecule has 0 spiro atoms. The lowest BCUT2D eigenvalue weighted by molar-refractivity contribution is -0.139. The predicted octanol–water partition coefficient (Wildman–Crippen LogP) is 5.08. The van der Waals surface area contributed by atoms with E-state index in [1.807, 2.05) is 4.57 Å². The van der Waals surface area contributed by atoms with Crippen molar-refractivity contribution in [3.8, 4) is 11.6 Å². The molecule has 1 atom stereocenters. The van der Waals surface area contributed by atoms with Crippen LogP contribution < -0.4 is 9.47 Å². The highest BCUT2D eigenvalue weighted by atomic mass is 19.4. The number of aromatic carboxylic acids is 1. The highest BCUT2D eigenvalue weighted by molar-refractivity contribution is 5.92. The van der Waals surface area contributed by atoms with E-state index in [1.165, 1.54) is 13.2 Å². The van der Waals surface area contributed by atoms with Gasteiger partial charge in [-0.2, -0.15) is 13.2 Å². The molecule has 1 N–H and O–H groups in total. The van der Waals surface area contributed by atoms with Crippen LogP contribution in [0.25, 0.3) is 11.0 Å². The van der Waals surface area contributed by atoms with Gasteiger partial charge < -0.3 is 23.9 Å². The Kier molecular flexibility index (Phi) is 7.50. The Hall–Kier alpha value is -4.16. The summed E-state index contributed by atoms with van der Waals surface area (Å²) in [6.07, 6.45) is -3.30. The van der Waals surface area contributed by atoms with Gasteiger partial charge in [0.1, 0.15) is 23.7 Å². The second kappa shape index (κ2) is 11.3. The van der Waals surface area contributed by atoms with Crippen molar-refractivity contribution in [2.45, 2.75) is 51.4 Å². The summed E-state index contributed by atoms with van der Waals surface area (Å²) >= 11 is 0. The summed E-state index contributed by atoms with van der Waals surface area (Å²) in [4.78, 5) is 22.8. The van der Waals surface area contributed by atoms with Gasteiger partial charge in [-0.25, -0.2) is 14.8 Å². The standard InChI is InChI=1S/C30H29F3N4O5/c1-40-21-5-2-18(3-6-21)17-42-28-23(30(31,32)33)12-19-8-10-36(15-25(19)35-28)16-27-34-24-7-4-20(29(38)39)13-26(24)37(27)14-22-9-11-41-22/h2-7,12-13,22H,8-11,14-17H2,1H3,(H,38,39)/t22-/m0/s1. The summed E-state index contributed by atoms with van der Waals surface area (Å²) in [7, 11) is 1.54. The minimum absolute atomic E-state index is 0.0181. The van der Waals surface area contributed by atoms with Crippen LogP contribution in [-0.2, 0) is 43.6 Å². The largest absolute Gasteiger partial charge is 0.497 e. The van der Waals surface area contributed by atoms with Crippen molar-refractivity contribution in [3.63, 3.8) is 0 Å². The van der Waals surface area contributed by atoms with Crippen molar-refractivity contribution in [3.05, 3.63) is 82.3 Å². The molecule has 9 nitrogen and oxygen atoms in total. The Balaban J connectivity index is 1.25. The van der Waals surface area contributed by atoms with E-state index in [9.17, 15) is 23.1 Å². The normalized spacial score (nSPS) is 17.1. The number of hydrogen-bond acceptors (Lipinski definition) is 7. The van der Waals surface area contributed by atoms with Gasteiger partial charge in [0.15, 0.2) is 0 Å². The molecule has 6 rings (SSSR count). The van der Waals surface area contributed by atoms with E-state index >= 15 is 0 Å². The van der Waals surface area contributed by atoms with Crippen LogP contribution in [-0.4, -0.2) is 56.9 Å². The maximum atomic E-state index is 14.0. The van der Waals surface area contributed by atoms with Crippen LogP contribution in [0, 0.1) is 0 Å². The lowest BCUT2D eigenvalue weighted by Gasteiger charge is -2.30. The monoisotopic (exact) mass is 582 g/mol. The Labute approximate surface area is 239 Å². The fourth-order valence-electron chi connectivity index (χ4n) is 5.28. The summed E-state index contributed by atoms with van der Waals surface area (Å²) in [6.45, 7) is 2.39. The number of alkyl halides is 3. The van der Waals surface area contributed by atoms with E-state index in [1.54, 1.807) is 36.4 Å². The zero-order valence-electron chi connectivity index (χ0n) is 22.9. The molecule has 2 aromatic heterocycles. The Morgan fingerprint density at radius 2 is 1.93 bits per heavy atom. The zero-order chi connectivity index (χ0) is 29.4. The van der Waals surface area contributed by atoms with Gasteiger partial charge >= 0.3 is 12.1 Å². The maximum absolute atomic E-state index is 14.0. The number of benzene rings is 2. The number of fused-ring (bicyclic) bond motifs is 2. The van der Waals surface area contributed by atoms with Gasteiger partial charge in [0.2, 0.25) is 5.88 Å². The number of aromatic nitrogens is 3. The molecular weight excluding hydrogens is 553 g/mol. The van der Waals surface area contributed by atoms with Gasteiger partial charge in [0.25, 0.3) is 0 Å². The molecule has 12 heteroatoms. The van der Waals surface area contributed by atoms with Gasteiger partial charge in [-0.15, -0.1) is 0 Å². The molecule has 0 unspecified atom stereocenters. The van der Waals surface area contributed by atoms with Crippen LogP contribution in [0.4, 0.5) is 13.2 Å². The first-order valence-electron chi connectivity index (χ1n) is 13.6. The second-order valence-corrected chi connectivity index (χ2v) is 10.5. The highest BCUT2D eigenvalue weighted by Crippen LogP contribution is 2.38. The number of rotatable bonds is 9. The van der Waals surface area contributed by atoms with E-state index in [4.69, 9.17) is 19.2 Å². The van der Waals surface area contributed by atoms with Crippen molar-refractivity contribution in [2.24, 2.45) is 0 Å². The number of halogens is 3. The first-order chi connectivity index (χ1) is 20.2. The first-order valence-corrected chi connectivity index (χ1v) is 13.6. The number of methoxy groups -OCH3 is 1. The molecular formula is C30H29F3N4O5. The molecule has 1 fully saturated rings. The maximum Gasteiger partial charge on any atom is 0.421 e. The average molecular weight is 583 g/mol. The fourth-order valence-corrected chi connectivity index (χ4v) is 5.28. The van der Waals surface area contributed by atoms with Gasteiger partial charge in [-0.05, 0) is 60.4 Å². The van der Waals surface area contributed by atoms with Crippen molar-refractivity contribution in [1.82, 2.24) is 19.4 Å². The molecule has 4 heterocycles. The lowest BCUT2D eigenvalue weighted by atomic mass is 10.0. The number of nitrogens with zero attached hydrogens (tertiary/aromatic N) is 4. The molecule has 0 saturated carbocycles. The number of imidazole rings is 1. The van der Waals surface area contributed by atoms with Gasteiger partial charge in [0, 0.05) is 19.7 Å². The molecule has 42 heavy (non-hydrogen) atoms. The minimum atomic E-state index is -4.61. The molecule has 2 aliphatic rings. The number of carboxylic acid groups (broad SMARTS) is 1. The molecule has 0 radical (unpaired) electrons. The van der Waals surface area contributed by atoms with Crippen molar-refractivity contribution >= 4 is 17.0 Å². The van der Waals surface area contributed by atoms with Crippen molar-refractivity contribution in [1.29, 1.82) is 0 Å². The molecule has 4 aromatic rings. The van der Waals surface area contributed by atoms with Crippen LogP contribution in [0.1, 0.15) is 45.0 Å². The van der Waals surface area contributed by atoms with E-state index in [2.05, 4.69) is 9.88 Å². The number of carbonyl (C=O) groups is 1. The highest BCUT2D eigenvalue weighted by Gasteiger charge is 2.37. The lowest BCUT2D eigenvalue weighted by Crippen LogP contribution is -2.34. The predicted molar refractivity (Wildman–Crippen MR) is 145 cm³/mol. The number of hydrogen-bond donors (Lipinski definition) is 1. The second-order valence-electron chi connectivity index (χ2n) is 10.5. The number of pyridine rings is 1. The first kappa shape index (κ1) is 28.0. The molecule has 2 aliphatic heterocycles. The molecule has 0 amide bonds. The summed E-state index contributed by atoms with van der Waals surface area (Å²) in [6, 6.07) is 12.9. The van der Waals surface area contributed by atoms with Crippen LogP contribution in [0.2, 0.25) is 0 Å². The van der Waals surface area contributed by atoms with Crippen LogP contribution in [0.15, 0.2) is 48.5 Å². The summed E-state index contributed by atoms with van der Waals surface area (Å²) in [5.41, 5.74) is 2.41. The third kappa shape index (κ3) is 5.77. The number of carboxylic acids is 1. The van der Waals surface area contributed by atoms with Crippen LogP contribution in [0.5, 0.6) is 11.6 Å². The zero-order valence-corrected chi connectivity index (χ0v) is 22.9. The Bertz CT molecular complexity index is 1620. The summed E-state index contributed by atoms with van der Waals surface area (Å²) in [5, 5.41) is 9.50. The van der Waals surface area contributed by atoms with Gasteiger partial charge in [-0.1, -0.05) is 12.1 Å². The summed E-state index contributed by atoms with van der Waals surface area (Å²) < 4.78 is 60.3. The van der Waals surface area contributed by atoms with Crippen LogP contribution >= 0.6 is 0 Å². The molecule has 0 aliphatic carbocycles. The SMILES string of the molecule is COc1ccc(COc2nc3c(cc2C(F)(F)F)CCN(Cc2nc4ccc(C(=O)O)cc4n2C[C@@H]2CCO2)C3)cc1. The van der Waals surface area contributed by atoms with E-state index < -0.39 is 23.6 Å². The van der Waals surface area contributed by atoms with Crippen molar-refractivity contribution in [2.75, 3.05) is 20.3 Å². The molecule has 2 aromatic carbocycles. The van der Waals surface area contributed by atoms with E-state index in [0.29, 0.717) is 72.8 Å². The average Bonchev–Trinajstić information content (AvgIpc) is 3.28. The van der Waals surface area contributed by atoms with E-state index in [0.717, 1.165) is 18.3 Å². The minimum Gasteiger partial charge on any atom is -0.497 e. The van der Waals surface area contributed by atoms with Crippen molar-refractivity contribution < 1.29 is 37.3 Å². The molecule has 1 saturated heterocycles. The quantitative estimate of drug-likeness (QED) is 0.292. The Morgan fingerprint density at radius 3 is 2.60 bits per heavy atom.